The first-order chi connectivity index (χ1) is 13.0. The highest BCUT2D eigenvalue weighted by atomic mass is 19.1. The molecule has 1 saturated heterocycles. The first-order valence-electron chi connectivity index (χ1n) is 10.6. The molecule has 2 aliphatic carbocycles. The number of urea groups is 1. The van der Waals surface area contributed by atoms with E-state index in [0.717, 1.165) is 13.1 Å². The van der Waals surface area contributed by atoms with E-state index in [1.54, 1.807) is 6.21 Å². The van der Waals surface area contributed by atoms with Crippen LogP contribution < -0.4 is 0 Å². The second-order valence-corrected chi connectivity index (χ2v) is 8.91. The molecule has 2 unspecified atom stereocenters. The summed E-state index contributed by atoms with van der Waals surface area (Å²) in [6, 6.07) is 0.772. The van der Waals surface area contributed by atoms with Gasteiger partial charge in [-0.15, -0.1) is 0 Å². The molecule has 5 nitrogen and oxygen atoms in total. The zero-order valence-electron chi connectivity index (χ0n) is 16.3. The van der Waals surface area contributed by atoms with Gasteiger partial charge in [-0.05, 0) is 38.6 Å². The van der Waals surface area contributed by atoms with Crippen LogP contribution in [0.15, 0.2) is 5.10 Å². The van der Waals surface area contributed by atoms with Gasteiger partial charge in [-0.2, -0.15) is 5.10 Å². The summed E-state index contributed by atoms with van der Waals surface area (Å²) in [6.45, 7) is 1.46. The number of hydrogen-bond acceptors (Lipinski definition) is 3. The minimum absolute atomic E-state index is 0.000665. The lowest BCUT2D eigenvalue weighted by atomic mass is 9.81. The lowest BCUT2D eigenvalue weighted by molar-refractivity contribution is 0.0142. The number of halogens is 2. The Labute approximate surface area is 160 Å². The molecule has 2 saturated carbocycles. The van der Waals surface area contributed by atoms with Crippen LogP contribution in [0.4, 0.5) is 13.6 Å². The van der Waals surface area contributed by atoms with E-state index in [1.165, 1.54) is 37.1 Å². The number of hydrogen-bond donors (Lipinski definition) is 0. The van der Waals surface area contributed by atoms with Crippen LogP contribution >= 0.6 is 0 Å². The van der Waals surface area contributed by atoms with E-state index in [4.69, 9.17) is 0 Å². The van der Waals surface area contributed by atoms with Gasteiger partial charge in [0, 0.05) is 44.2 Å². The molecule has 0 bridgehead atoms. The van der Waals surface area contributed by atoms with E-state index < -0.39 is 12.3 Å². The number of amides is 2. The second kappa shape index (κ2) is 8.02. The van der Waals surface area contributed by atoms with Crippen molar-refractivity contribution in [3.63, 3.8) is 0 Å². The van der Waals surface area contributed by atoms with Gasteiger partial charge < -0.3 is 4.90 Å². The highest BCUT2D eigenvalue weighted by Gasteiger charge is 2.44. The monoisotopic (exact) mass is 382 g/mol. The Kier molecular flexibility index (Phi) is 5.67. The molecule has 3 atom stereocenters. The number of carbonyl (C=O) groups excluding carboxylic acids is 1. The zero-order chi connectivity index (χ0) is 19.0. The van der Waals surface area contributed by atoms with E-state index in [1.807, 2.05) is 4.90 Å². The molecule has 0 radical (unpaired) electrons. The Morgan fingerprint density at radius 2 is 1.70 bits per heavy atom. The molecule has 2 amide bonds. The third kappa shape index (κ3) is 3.98. The molecular weight excluding hydrogens is 350 g/mol. The summed E-state index contributed by atoms with van der Waals surface area (Å²) in [5.74, 6) is -0.141. The molecule has 0 spiro atoms. The minimum Gasteiger partial charge on any atom is -0.320 e. The number of likely N-dealkylation sites (N-methyl/N-ethyl adjacent to an activating group) is 1. The van der Waals surface area contributed by atoms with Crippen molar-refractivity contribution in [2.24, 2.45) is 11.0 Å². The van der Waals surface area contributed by atoms with Crippen LogP contribution in [0, 0.1) is 5.92 Å². The average molecular weight is 382 g/mol. The summed E-state index contributed by atoms with van der Waals surface area (Å²) in [5.41, 5.74) is 0. The smallest absolute Gasteiger partial charge is 0.320 e. The molecule has 0 aromatic rings. The van der Waals surface area contributed by atoms with Crippen molar-refractivity contribution in [1.29, 1.82) is 0 Å². The Bertz CT molecular complexity index is 552. The number of nitrogens with zero attached hydrogens (tertiary/aromatic N) is 4. The fraction of sp³-hybridized carbons (Fsp3) is 0.900. The maximum atomic E-state index is 13.8. The van der Waals surface area contributed by atoms with Crippen LogP contribution in [0.2, 0.25) is 0 Å². The van der Waals surface area contributed by atoms with E-state index in [9.17, 15) is 13.6 Å². The molecule has 3 fully saturated rings. The Morgan fingerprint density at radius 1 is 1.04 bits per heavy atom. The molecule has 2 heterocycles. The van der Waals surface area contributed by atoms with E-state index in [2.05, 4.69) is 17.0 Å². The lowest BCUT2D eigenvalue weighted by Gasteiger charge is -2.48. The Morgan fingerprint density at radius 3 is 2.37 bits per heavy atom. The predicted molar refractivity (Wildman–Crippen MR) is 101 cm³/mol. The molecule has 0 aromatic carbocycles. The van der Waals surface area contributed by atoms with Crippen LogP contribution in [0.3, 0.4) is 0 Å². The summed E-state index contributed by atoms with van der Waals surface area (Å²) >= 11 is 0. The van der Waals surface area contributed by atoms with Gasteiger partial charge in [0.15, 0.2) is 0 Å². The average Bonchev–Trinajstić information content (AvgIpc) is 3.10. The molecule has 0 aromatic heterocycles. The van der Waals surface area contributed by atoms with Crippen LogP contribution in [0.25, 0.3) is 0 Å². The molecule has 4 aliphatic rings. The van der Waals surface area contributed by atoms with Crippen molar-refractivity contribution < 1.29 is 13.6 Å². The summed E-state index contributed by atoms with van der Waals surface area (Å²) in [4.78, 5) is 17.2. The van der Waals surface area contributed by atoms with Crippen molar-refractivity contribution in [3.8, 4) is 0 Å². The van der Waals surface area contributed by atoms with Gasteiger partial charge in [0.2, 0.25) is 0 Å². The third-order valence-corrected chi connectivity index (χ3v) is 7.10. The summed E-state index contributed by atoms with van der Waals surface area (Å²) in [6.07, 6.45) is 7.28. The van der Waals surface area contributed by atoms with Gasteiger partial charge in [-0.3, -0.25) is 4.90 Å². The van der Waals surface area contributed by atoms with Crippen molar-refractivity contribution in [2.75, 3.05) is 20.1 Å². The van der Waals surface area contributed by atoms with E-state index >= 15 is 0 Å². The number of carbonyl (C=O) groups is 1. The summed E-state index contributed by atoms with van der Waals surface area (Å²) in [5, 5.41) is 5.77. The number of hydrazone groups is 1. The van der Waals surface area contributed by atoms with E-state index in [0.29, 0.717) is 31.3 Å². The van der Waals surface area contributed by atoms with Crippen molar-refractivity contribution in [3.05, 3.63) is 0 Å². The second-order valence-electron chi connectivity index (χ2n) is 8.91. The normalized spacial score (nSPS) is 35.7. The van der Waals surface area contributed by atoms with Crippen LogP contribution in [-0.2, 0) is 0 Å². The molecular formula is C20H32F2N4O. The molecule has 2 aliphatic heterocycles. The van der Waals surface area contributed by atoms with Crippen LogP contribution in [0.1, 0.15) is 57.8 Å². The standard InChI is InChI=1S/C20H32F2N4O/c1-24(17-5-3-2-4-6-17)18-12-25(13-18)20(27)26-19(7-8-23-26)14-9-15(21)11-16(22)10-14/h8,14-19H,2-7,9-13H2,1H3/t14?,15?,16?,19-/m0/s1. The Hall–Kier alpha value is -1.24. The van der Waals surface area contributed by atoms with Gasteiger partial charge in [-0.1, -0.05) is 19.3 Å². The summed E-state index contributed by atoms with van der Waals surface area (Å²) < 4.78 is 27.6. The van der Waals surface area contributed by atoms with Crippen molar-refractivity contribution >= 4 is 12.2 Å². The van der Waals surface area contributed by atoms with Gasteiger partial charge in [-0.25, -0.2) is 18.6 Å². The molecule has 27 heavy (non-hydrogen) atoms. The van der Waals surface area contributed by atoms with Gasteiger partial charge in [0.05, 0.1) is 6.04 Å². The highest BCUT2D eigenvalue weighted by Crippen LogP contribution is 2.36. The van der Waals surface area contributed by atoms with Crippen LogP contribution in [-0.4, -0.2) is 77.7 Å². The third-order valence-electron chi connectivity index (χ3n) is 7.10. The highest BCUT2D eigenvalue weighted by molar-refractivity contribution is 5.79. The first kappa shape index (κ1) is 19.1. The minimum atomic E-state index is -1.10. The number of rotatable bonds is 3. The quantitative estimate of drug-likeness (QED) is 0.748. The fourth-order valence-electron chi connectivity index (χ4n) is 5.35. The molecule has 4 rings (SSSR count). The number of alkyl halides is 2. The topological polar surface area (TPSA) is 39.1 Å². The number of likely N-dealkylation sites (tertiary alicyclic amines) is 1. The predicted octanol–water partition coefficient (Wildman–Crippen LogP) is 3.59. The Balaban J connectivity index is 1.31. The largest absolute Gasteiger partial charge is 0.340 e. The maximum absolute atomic E-state index is 13.8. The fourth-order valence-corrected chi connectivity index (χ4v) is 5.35. The lowest BCUT2D eigenvalue weighted by Crippen LogP contribution is -2.64. The summed E-state index contributed by atoms with van der Waals surface area (Å²) in [7, 11) is 2.18. The van der Waals surface area contributed by atoms with E-state index in [-0.39, 0.29) is 24.4 Å². The van der Waals surface area contributed by atoms with Gasteiger partial charge in [0.25, 0.3) is 0 Å². The zero-order valence-corrected chi connectivity index (χ0v) is 16.3. The molecule has 0 N–H and O–H groups in total. The van der Waals surface area contributed by atoms with Crippen molar-refractivity contribution in [2.45, 2.75) is 88.3 Å². The van der Waals surface area contributed by atoms with Gasteiger partial charge in [0.1, 0.15) is 12.3 Å². The van der Waals surface area contributed by atoms with Gasteiger partial charge >= 0.3 is 6.03 Å². The molecule has 152 valence electrons. The SMILES string of the molecule is CN(C1CCCCC1)C1CN(C(=O)N2N=CC[C@H]2C2CC(F)CC(F)C2)C1. The maximum Gasteiger partial charge on any atom is 0.340 e. The first-order valence-corrected chi connectivity index (χ1v) is 10.6. The molecule has 7 heteroatoms. The van der Waals surface area contributed by atoms with Crippen LogP contribution in [0.5, 0.6) is 0 Å². The van der Waals surface area contributed by atoms with Crippen molar-refractivity contribution in [1.82, 2.24) is 14.8 Å².